The van der Waals surface area contributed by atoms with E-state index in [0.29, 0.717) is 38.0 Å². The number of ketones is 1. The van der Waals surface area contributed by atoms with Crippen LogP contribution in [0.3, 0.4) is 0 Å². The Morgan fingerprint density at radius 1 is 1.09 bits per heavy atom. The number of nitrogens with zero attached hydrogens (tertiary/aromatic N) is 1. The number of hydrogen-bond acceptors (Lipinski definition) is 4. The largest absolute Gasteiger partial charge is 0.496 e. The number of likely N-dealkylation sites (tertiary alicyclic amines) is 1. The van der Waals surface area contributed by atoms with Gasteiger partial charge in [-0.3, -0.25) is 9.59 Å². The van der Waals surface area contributed by atoms with Gasteiger partial charge in [0, 0.05) is 24.6 Å². The molecule has 2 aromatic rings. The van der Waals surface area contributed by atoms with Crippen LogP contribution in [-0.4, -0.2) is 49.9 Å². The molecule has 2 aromatic carbocycles. The minimum absolute atomic E-state index is 0.00501. The van der Waals surface area contributed by atoms with Gasteiger partial charge in [0.2, 0.25) is 0 Å². The summed E-state index contributed by atoms with van der Waals surface area (Å²) in [5.74, 6) is -1.11. The molecule has 1 N–H and O–H groups in total. The Balaban J connectivity index is 1.49. The fourth-order valence-electron chi connectivity index (χ4n) is 3.75. The normalized spacial score (nSPS) is 15.4. The highest BCUT2D eigenvalue weighted by atomic mass is 19.4. The van der Waals surface area contributed by atoms with Crippen molar-refractivity contribution < 1.29 is 31.9 Å². The summed E-state index contributed by atoms with van der Waals surface area (Å²) in [5, 5.41) is 2.63. The molecule has 0 unspecified atom stereocenters. The van der Waals surface area contributed by atoms with E-state index < -0.39 is 17.6 Å². The number of carbonyl (C=O) groups is 2. The van der Waals surface area contributed by atoms with Crippen molar-refractivity contribution in [1.29, 1.82) is 0 Å². The number of nitrogens with one attached hydrogen (secondary N) is 1. The van der Waals surface area contributed by atoms with Crippen molar-refractivity contribution >= 4 is 11.7 Å². The lowest BCUT2D eigenvalue weighted by molar-refractivity contribution is -0.137. The zero-order valence-corrected chi connectivity index (χ0v) is 17.5. The van der Waals surface area contributed by atoms with Crippen LogP contribution >= 0.6 is 0 Å². The number of methoxy groups -OCH3 is 1. The maximum atomic E-state index is 13.0. The van der Waals surface area contributed by atoms with Gasteiger partial charge in [0.1, 0.15) is 11.6 Å². The van der Waals surface area contributed by atoms with Gasteiger partial charge in [-0.2, -0.15) is 13.2 Å². The van der Waals surface area contributed by atoms with Gasteiger partial charge in [-0.1, -0.05) is 0 Å². The number of carbonyl (C=O) groups excluding carboxylic acids is 2. The van der Waals surface area contributed by atoms with Gasteiger partial charge in [-0.05, 0) is 68.4 Å². The van der Waals surface area contributed by atoms with Crippen LogP contribution in [0.25, 0.3) is 0 Å². The van der Waals surface area contributed by atoms with Crippen molar-refractivity contribution in [2.45, 2.75) is 19.0 Å². The van der Waals surface area contributed by atoms with E-state index >= 15 is 0 Å². The molecule has 1 amide bonds. The number of rotatable bonds is 7. The molecule has 1 heterocycles. The summed E-state index contributed by atoms with van der Waals surface area (Å²) in [5.41, 5.74) is -0.602. The minimum atomic E-state index is -4.56. The summed E-state index contributed by atoms with van der Waals surface area (Å²) < 4.78 is 56.9. The Bertz CT molecular complexity index is 953. The molecular weight excluding hydrogens is 428 g/mol. The number of benzene rings is 2. The van der Waals surface area contributed by atoms with Crippen LogP contribution in [0.4, 0.5) is 17.6 Å². The van der Waals surface area contributed by atoms with Gasteiger partial charge in [0.05, 0.1) is 18.2 Å². The molecule has 5 nitrogen and oxygen atoms in total. The number of Topliss-reactive ketones (excluding diaryl/α,β-unsaturated/α-hetero) is 1. The average molecular weight is 452 g/mol. The van der Waals surface area contributed by atoms with Crippen LogP contribution in [0.5, 0.6) is 5.75 Å². The molecule has 1 aliphatic rings. The van der Waals surface area contributed by atoms with E-state index in [0.717, 1.165) is 18.2 Å². The third-order valence-electron chi connectivity index (χ3n) is 5.57. The van der Waals surface area contributed by atoms with Gasteiger partial charge in [-0.15, -0.1) is 0 Å². The van der Waals surface area contributed by atoms with Gasteiger partial charge in [0.25, 0.3) is 5.91 Å². The lowest BCUT2D eigenvalue weighted by atomic mass is 9.89. The van der Waals surface area contributed by atoms with Crippen molar-refractivity contribution in [3.8, 4) is 5.75 Å². The van der Waals surface area contributed by atoms with Gasteiger partial charge >= 0.3 is 6.18 Å². The molecule has 0 aliphatic carbocycles. The molecule has 0 saturated carbocycles. The van der Waals surface area contributed by atoms with Crippen molar-refractivity contribution in [2.24, 2.45) is 5.92 Å². The molecule has 0 bridgehead atoms. The van der Waals surface area contributed by atoms with Crippen LogP contribution in [0.2, 0.25) is 0 Å². The SMILES string of the molecule is COc1ccc(C(F)(F)F)cc1C(=O)NCCN1CCC(C(=O)c2ccc(F)cc2)CC1. The predicted octanol–water partition coefficient (Wildman–Crippen LogP) is 4.18. The second-order valence-electron chi connectivity index (χ2n) is 7.66. The lowest BCUT2D eigenvalue weighted by Crippen LogP contribution is -2.41. The van der Waals surface area contributed by atoms with Gasteiger partial charge in [0.15, 0.2) is 5.78 Å². The first kappa shape index (κ1) is 23.7. The third kappa shape index (κ3) is 5.85. The highest BCUT2D eigenvalue weighted by Gasteiger charge is 2.32. The van der Waals surface area contributed by atoms with E-state index in [-0.39, 0.29) is 35.4 Å². The second-order valence-corrected chi connectivity index (χ2v) is 7.66. The average Bonchev–Trinajstić information content (AvgIpc) is 2.78. The fourth-order valence-corrected chi connectivity index (χ4v) is 3.75. The first-order valence-electron chi connectivity index (χ1n) is 10.2. The molecule has 0 spiro atoms. The topological polar surface area (TPSA) is 58.6 Å². The number of alkyl halides is 3. The summed E-state index contributed by atoms with van der Waals surface area (Å²) in [6.07, 6.45) is -3.27. The first-order chi connectivity index (χ1) is 15.2. The molecule has 0 radical (unpaired) electrons. The fraction of sp³-hybridized carbons (Fsp3) is 0.391. The van der Waals surface area contributed by atoms with Gasteiger partial charge in [-0.25, -0.2) is 4.39 Å². The Morgan fingerprint density at radius 2 is 1.75 bits per heavy atom. The summed E-state index contributed by atoms with van der Waals surface area (Å²) >= 11 is 0. The molecule has 1 aliphatic heterocycles. The van der Waals surface area contributed by atoms with Crippen molar-refractivity contribution in [2.75, 3.05) is 33.3 Å². The molecular formula is C23H24F4N2O3. The maximum absolute atomic E-state index is 13.0. The first-order valence-corrected chi connectivity index (χ1v) is 10.2. The minimum Gasteiger partial charge on any atom is -0.496 e. The zero-order valence-electron chi connectivity index (χ0n) is 17.5. The van der Waals surface area contributed by atoms with E-state index in [1.165, 1.54) is 31.4 Å². The van der Waals surface area contributed by atoms with E-state index in [9.17, 15) is 27.2 Å². The summed E-state index contributed by atoms with van der Waals surface area (Å²) in [4.78, 5) is 27.0. The molecule has 9 heteroatoms. The third-order valence-corrected chi connectivity index (χ3v) is 5.57. The number of ether oxygens (including phenoxy) is 1. The highest BCUT2D eigenvalue weighted by molar-refractivity contribution is 5.98. The molecule has 32 heavy (non-hydrogen) atoms. The standard InChI is InChI=1S/C23H24F4N2O3/c1-32-20-7-4-17(23(25,26)27)14-19(20)22(31)28-10-13-29-11-8-16(9-12-29)21(30)15-2-5-18(24)6-3-15/h2-7,14,16H,8-13H2,1H3,(H,28,31). The zero-order chi connectivity index (χ0) is 23.3. The lowest BCUT2D eigenvalue weighted by Gasteiger charge is -2.31. The van der Waals surface area contributed by atoms with E-state index in [1.54, 1.807) is 0 Å². The summed E-state index contributed by atoms with van der Waals surface area (Å²) in [6.45, 7) is 2.06. The molecule has 0 atom stereocenters. The Labute approximate surface area is 183 Å². The van der Waals surface area contributed by atoms with Crippen LogP contribution in [0.1, 0.15) is 39.1 Å². The van der Waals surface area contributed by atoms with Crippen LogP contribution in [0, 0.1) is 11.7 Å². The highest BCUT2D eigenvalue weighted by Crippen LogP contribution is 2.32. The number of piperidine rings is 1. The molecule has 172 valence electrons. The molecule has 1 saturated heterocycles. The maximum Gasteiger partial charge on any atom is 0.416 e. The smallest absolute Gasteiger partial charge is 0.416 e. The summed E-state index contributed by atoms with van der Waals surface area (Å²) in [7, 11) is 1.29. The summed E-state index contributed by atoms with van der Waals surface area (Å²) in [6, 6.07) is 8.28. The number of halogens is 4. The van der Waals surface area contributed by atoms with E-state index in [2.05, 4.69) is 10.2 Å². The quantitative estimate of drug-likeness (QED) is 0.506. The van der Waals surface area contributed by atoms with E-state index in [1.807, 2.05) is 0 Å². The Kier molecular flexibility index (Phi) is 7.50. The predicted molar refractivity (Wildman–Crippen MR) is 110 cm³/mol. The van der Waals surface area contributed by atoms with Crippen molar-refractivity contribution in [3.05, 3.63) is 65.0 Å². The van der Waals surface area contributed by atoms with Crippen LogP contribution < -0.4 is 10.1 Å². The molecule has 0 aromatic heterocycles. The number of hydrogen-bond donors (Lipinski definition) is 1. The molecule has 3 rings (SSSR count). The molecule has 1 fully saturated rings. The second kappa shape index (κ2) is 10.1. The van der Waals surface area contributed by atoms with E-state index in [4.69, 9.17) is 4.74 Å². The Morgan fingerprint density at radius 3 is 2.34 bits per heavy atom. The van der Waals surface area contributed by atoms with Crippen molar-refractivity contribution in [3.63, 3.8) is 0 Å². The monoisotopic (exact) mass is 452 g/mol. The Hall–Kier alpha value is -2.94. The van der Waals surface area contributed by atoms with Crippen LogP contribution in [0.15, 0.2) is 42.5 Å². The van der Waals surface area contributed by atoms with Crippen LogP contribution in [-0.2, 0) is 6.18 Å². The van der Waals surface area contributed by atoms with Crippen molar-refractivity contribution in [1.82, 2.24) is 10.2 Å². The number of amides is 1. The van der Waals surface area contributed by atoms with Gasteiger partial charge < -0.3 is 15.0 Å².